The fraction of sp³-hybridized carbons (Fsp3) is 0.292. The Morgan fingerprint density at radius 2 is 1.69 bits per heavy atom. The van der Waals surface area contributed by atoms with Crippen molar-refractivity contribution in [3.05, 3.63) is 42.7 Å². The molecule has 1 saturated heterocycles. The van der Waals surface area contributed by atoms with Crippen molar-refractivity contribution < 1.29 is 14.3 Å². The number of nitrogens with two attached hydrogens (primary N) is 1. The highest BCUT2D eigenvalue weighted by molar-refractivity contribution is 5.88. The molecule has 12 heteroatoms. The minimum atomic E-state index is 0.120. The molecule has 0 aliphatic carbocycles. The van der Waals surface area contributed by atoms with E-state index in [2.05, 4.69) is 30.3 Å². The third kappa shape index (κ3) is 4.40. The van der Waals surface area contributed by atoms with Crippen molar-refractivity contribution in [1.82, 2.24) is 29.6 Å². The third-order valence-electron chi connectivity index (χ3n) is 6.17. The number of rotatable bonds is 6. The lowest BCUT2D eigenvalue weighted by molar-refractivity contribution is -0.129. The molecule has 36 heavy (non-hydrogen) atoms. The van der Waals surface area contributed by atoms with E-state index in [0.29, 0.717) is 34.2 Å². The Hall–Kier alpha value is -4.61. The average molecular weight is 490 g/mol. The summed E-state index contributed by atoms with van der Waals surface area (Å²) in [7, 11) is 3.14. The highest BCUT2D eigenvalue weighted by Crippen LogP contribution is 2.33. The molecule has 0 bridgehead atoms. The number of ether oxygens (including phenoxy) is 2. The van der Waals surface area contributed by atoms with Crippen molar-refractivity contribution in [2.75, 3.05) is 56.3 Å². The maximum absolute atomic E-state index is 11.6. The van der Waals surface area contributed by atoms with E-state index in [9.17, 15) is 4.79 Å². The van der Waals surface area contributed by atoms with Gasteiger partial charge in [0.05, 0.1) is 19.7 Å². The van der Waals surface area contributed by atoms with Crippen molar-refractivity contribution in [1.29, 1.82) is 0 Å². The van der Waals surface area contributed by atoms with Crippen LogP contribution in [0.5, 0.6) is 11.5 Å². The molecule has 2 aromatic carbocycles. The van der Waals surface area contributed by atoms with Crippen molar-refractivity contribution in [2.24, 2.45) is 0 Å². The van der Waals surface area contributed by atoms with Gasteiger partial charge in [-0.15, -0.1) is 5.10 Å². The van der Waals surface area contributed by atoms with Gasteiger partial charge in [-0.2, -0.15) is 9.67 Å². The van der Waals surface area contributed by atoms with Gasteiger partial charge >= 0.3 is 0 Å². The van der Waals surface area contributed by atoms with E-state index >= 15 is 0 Å². The van der Waals surface area contributed by atoms with Gasteiger partial charge in [-0.05, 0) is 30.3 Å². The van der Waals surface area contributed by atoms with Crippen molar-refractivity contribution in [2.45, 2.75) is 6.92 Å². The van der Waals surface area contributed by atoms with Crippen LogP contribution in [0.25, 0.3) is 16.7 Å². The molecule has 3 heterocycles. The number of aromatic nitrogens is 5. The summed E-state index contributed by atoms with van der Waals surface area (Å²) >= 11 is 0. The molecule has 186 valence electrons. The molecule has 1 fully saturated rings. The summed E-state index contributed by atoms with van der Waals surface area (Å²) in [4.78, 5) is 28.8. The molecule has 5 rings (SSSR count). The van der Waals surface area contributed by atoms with Gasteiger partial charge in [0.25, 0.3) is 0 Å². The number of fused-ring (bicyclic) bond motifs is 1. The highest BCUT2D eigenvalue weighted by Gasteiger charge is 2.19. The number of amides is 1. The van der Waals surface area contributed by atoms with E-state index in [4.69, 9.17) is 15.2 Å². The zero-order chi connectivity index (χ0) is 25.2. The fourth-order valence-electron chi connectivity index (χ4n) is 4.24. The zero-order valence-corrected chi connectivity index (χ0v) is 20.3. The lowest BCUT2D eigenvalue weighted by atomic mass is 10.2. The largest absolute Gasteiger partial charge is 0.493 e. The van der Waals surface area contributed by atoms with Gasteiger partial charge in [-0.1, -0.05) is 0 Å². The van der Waals surface area contributed by atoms with Crippen LogP contribution < -0.4 is 25.4 Å². The molecule has 2 aromatic heterocycles. The predicted molar refractivity (Wildman–Crippen MR) is 136 cm³/mol. The number of nitrogen functional groups attached to an aromatic ring is 1. The summed E-state index contributed by atoms with van der Waals surface area (Å²) in [6, 6.07) is 11.5. The Morgan fingerprint density at radius 1 is 1.00 bits per heavy atom. The number of hydrogen-bond acceptors (Lipinski definition) is 10. The van der Waals surface area contributed by atoms with Crippen LogP contribution in [0.4, 0.5) is 23.3 Å². The molecule has 1 aliphatic heterocycles. The maximum Gasteiger partial charge on any atom is 0.248 e. The second-order valence-corrected chi connectivity index (χ2v) is 8.29. The van der Waals surface area contributed by atoms with Crippen LogP contribution in [0.15, 0.2) is 42.7 Å². The molecule has 4 aromatic rings. The summed E-state index contributed by atoms with van der Waals surface area (Å²) in [6.07, 6.45) is 1.44. The van der Waals surface area contributed by atoms with Crippen LogP contribution in [0.3, 0.4) is 0 Å². The molecule has 0 spiro atoms. The lowest BCUT2D eigenvalue weighted by Crippen LogP contribution is -2.48. The zero-order valence-electron chi connectivity index (χ0n) is 20.3. The van der Waals surface area contributed by atoms with Crippen LogP contribution in [0.1, 0.15) is 6.92 Å². The number of nitrogens with zero attached hydrogens (tertiary/aromatic N) is 7. The van der Waals surface area contributed by atoms with Gasteiger partial charge < -0.3 is 30.3 Å². The number of carbonyl (C=O) groups excluding carboxylic acids is 1. The Bertz CT molecular complexity index is 1400. The Morgan fingerprint density at radius 3 is 2.36 bits per heavy atom. The van der Waals surface area contributed by atoms with Crippen LogP contribution in [-0.2, 0) is 4.79 Å². The third-order valence-corrected chi connectivity index (χ3v) is 6.17. The van der Waals surface area contributed by atoms with E-state index in [1.165, 1.54) is 11.0 Å². The lowest BCUT2D eigenvalue weighted by Gasteiger charge is -2.35. The van der Waals surface area contributed by atoms with E-state index in [-0.39, 0.29) is 11.9 Å². The minimum Gasteiger partial charge on any atom is -0.493 e. The van der Waals surface area contributed by atoms with E-state index in [1.54, 1.807) is 33.3 Å². The molecule has 0 atom stereocenters. The van der Waals surface area contributed by atoms with Crippen LogP contribution in [0.2, 0.25) is 0 Å². The van der Waals surface area contributed by atoms with Crippen LogP contribution in [0, 0.1) is 0 Å². The van der Waals surface area contributed by atoms with Crippen LogP contribution in [-0.4, -0.2) is 75.9 Å². The topological polar surface area (TPSA) is 137 Å². The molecule has 3 N–H and O–H groups in total. The normalized spacial score (nSPS) is 13.6. The second-order valence-electron chi connectivity index (χ2n) is 8.29. The molecular formula is C24H27N9O3. The monoisotopic (exact) mass is 489 g/mol. The molecule has 0 unspecified atom stereocenters. The number of hydrogen-bond donors (Lipinski definition) is 2. The number of nitrogens with one attached hydrogen (secondary N) is 1. The summed E-state index contributed by atoms with van der Waals surface area (Å²) in [6.45, 7) is 4.68. The summed E-state index contributed by atoms with van der Waals surface area (Å²) in [5.74, 6) is 2.21. The fourth-order valence-corrected chi connectivity index (χ4v) is 4.24. The van der Waals surface area contributed by atoms with E-state index < -0.39 is 0 Å². The first-order chi connectivity index (χ1) is 17.5. The van der Waals surface area contributed by atoms with E-state index in [1.807, 2.05) is 29.2 Å². The minimum absolute atomic E-state index is 0.120. The first-order valence-electron chi connectivity index (χ1n) is 11.4. The van der Waals surface area contributed by atoms with Crippen molar-refractivity contribution in [3.8, 4) is 17.3 Å². The van der Waals surface area contributed by atoms with Crippen molar-refractivity contribution in [3.63, 3.8) is 0 Å². The van der Waals surface area contributed by atoms with Gasteiger partial charge in [0.15, 0.2) is 17.3 Å². The van der Waals surface area contributed by atoms with Gasteiger partial charge in [-0.25, -0.2) is 9.97 Å². The molecular weight excluding hydrogens is 462 g/mol. The number of anilines is 4. The summed E-state index contributed by atoms with van der Waals surface area (Å²) < 4.78 is 12.3. The molecule has 0 radical (unpaired) electrons. The number of benzene rings is 2. The average Bonchev–Trinajstić information content (AvgIpc) is 3.27. The number of methoxy groups -OCH3 is 2. The SMILES string of the molecule is COc1cc2ncnc(-n3nc(Nc4ccc(N5CCN(C(C)=O)CC5)cc4)nc3N)c2cc1OC. The number of carbonyl (C=O) groups is 1. The smallest absolute Gasteiger partial charge is 0.248 e. The Balaban J connectivity index is 1.36. The predicted octanol–water partition coefficient (Wildman–Crippen LogP) is 2.22. The van der Waals surface area contributed by atoms with Crippen LogP contribution >= 0.6 is 0 Å². The molecule has 0 saturated carbocycles. The first-order valence-corrected chi connectivity index (χ1v) is 11.4. The maximum atomic E-state index is 11.6. The van der Waals surface area contributed by atoms with Gasteiger partial charge in [-0.3, -0.25) is 4.79 Å². The second kappa shape index (κ2) is 9.56. The first kappa shape index (κ1) is 23.1. The van der Waals surface area contributed by atoms with Crippen molar-refractivity contribution >= 4 is 40.1 Å². The highest BCUT2D eigenvalue weighted by atomic mass is 16.5. The Kier molecular flexibility index (Phi) is 6.15. The number of piperazine rings is 1. The molecule has 1 aliphatic rings. The quantitative estimate of drug-likeness (QED) is 0.415. The van der Waals surface area contributed by atoms with Gasteiger partial charge in [0, 0.05) is 55.9 Å². The summed E-state index contributed by atoms with van der Waals surface area (Å²) in [5, 5.41) is 8.40. The molecule has 1 amide bonds. The standard InChI is InChI=1S/C24H27N9O3/c1-15(34)31-8-10-32(11-9-31)17-6-4-16(5-7-17)28-24-29-23(25)33(30-24)22-18-12-20(35-2)21(36-3)13-19(18)26-14-27-22/h4-7,12-14H,8-11H2,1-3H3,(H3,25,28,29,30). The Labute approximate surface area is 207 Å². The molecule has 12 nitrogen and oxygen atoms in total. The van der Waals surface area contributed by atoms with E-state index in [0.717, 1.165) is 37.6 Å². The van der Waals surface area contributed by atoms with Gasteiger partial charge in [0.2, 0.25) is 17.8 Å². The van der Waals surface area contributed by atoms with Gasteiger partial charge in [0.1, 0.15) is 6.33 Å². The summed E-state index contributed by atoms with van der Waals surface area (Å²) in [5.41, 5.74) is 8.76.